The maximum absolute atomic E-state index is 5.85. The minimum atomic E-state index is 0.675. The Morgan fingerprint density at radius 3 is 1.71 bits per heavy atom. The van der Waals surface area contributed by atoms with Crippen molar-refractivity contribution in [1.82, 2.24) is 14.5 Å². The minimum absolute atomic E-state index is 0.675. The molecule has 0 unspecified atom stereocenters. The van der Waals surface area contributed by atoms with Crippen molar-refractivity contribution in [2.75, 3.05) is 0 Å². The van der Waals surface area contributed by atoms with Crippen LogP contribution in [-0.2, 0) is 0 Å². The van der Waals surface area contributed by atoms with Gasteiger partial charge >= 0.3 is 0 Å². The van der Waals surface area contributed by atoms with E-state index in [-0.39, 0.29) is 0 Å². The summed E-state index contributed by atoms with van der Waals surface area (Å²) in [6, 6.07) is 64.4. The minimum Gasteiger partial charge on any atom is -0.276 e. The van der Waals surface area contributed by atoms with Crippen molar-refractivity contribution < 1.29 is 0 Å². The molecule has 0 bridgehead atoms. The topological polar surface area (TPSA) is 30.7 Å². The fourth-order valence-corrected chi connectivity index (χ4v) is 12.4. The highest BCUT2D eigenvalue weighted by Gasteiger charge is 2.26. The van der Waals surface area contributed by atoms with Crippen molar-refractivity contribution >= 4 is 139 Å². The Morgan fingerprint density at radius 2 is 0.932 bits per heavy atom. The molecule has 5 heteroatoms. The summed E-state index contributed by atoms with van der Waals surface area (Å²) in [4.78, 5) is 11.6. The zero-order valence-electron chi connectivity index (χ0n) is 31.4. The fourth-order valence-electron chi connectivity index (χ4n) is 10.1. The molecule has 14 aromatic rings. The smallest absolute Gasteiger partial charge is 0.235 e. The largest absolute Gasteiger partial charge is 0.276 e. The molecule has 0 radical (unpaired) electrons. The molecule has 4 aromatic heterocycles. The Hall–Kier alpha value is -7.18. The molecule has 0 spiro atoms. The maximum atomic E-state index is 5.85. The molecule has 0 aliphatic heterocycles. The molecular weight excluding hydrogens is 755 g/mol. The van der Waals surface area contributed by atoms with Crippen LogP contribution >= 0.6 is 22.7 Å². The fraction of sp³-hybridized carbons (Fsp3) is 0. The van der Waals surface area contributed by atoms with E-state index < -0.39 is 0 Å². The van der Waals surface area contributed by atoms with Gasteiger partial charge in [-0.25, -0.2) is 9.97 Å². The lowest BCUT2D eigenvalue weighted by Gasteiger charge is -2.16. The molecular formula is C54H29N3S2. The number of hydrogen-bond donors (Lipinski definition) is 0. The van der Waals surface area contributed by atoms with Gasteiger partial charge in [0.2, 0.25) is 5.95 Å². The van der Waals surface area contributed by atoms with Gasteiger partial charge in [0.05, 0.1) is 26.9 Å². The number of nitrogens with zero attached hydrogens (tertiary/aromatic N) is 3. The third-order valence-corrected chi connectivity index (χ3v) is 14.9. The van der Waals surface area contributed by atoms with Crippen molar-refractivity contribution in [1.29, 1.82) is 0 Å². The van der Waals surface area contributed by atoms with E-state index >= 15 is 0 Å². The summed E-state index contributed by atoms with van der Waals surface area (Å²) in [5.41, 5.74) is 5.26. The van der Waals surface area contributed by atoms with E-state index in [2.05, 4.69) is 180 Å². The van der Waals surface area contributed by atoms with Crippen molar-refractivity contribution in [3.63, 3.8) is 0 Å². The Bertz CT molecular complexity index is 4150. The van der Waals surface area contributed by atoms with Gasteiger partial charge in [0.15, 0.2) is 0 Å². The highest BCUT2D eigenvalue weighted by molar-refractivity contribution is 7.27. The van der Waals surface area contributed by atoms with Gasteiger partial charge in [-0.1, -0.05) is 152 Å². The van der Waals surface area contributed by atoms with Gasteiger partial charge in [-0.2, -0.15) is 0 Å². The van der Waals surface area contributed by atoms with Crippen LogP contribution in [0.1, 0.15) is 0 Å². The average Bonchev–Trinajstić information content (AvgIpc) is 3.99. The summed E-state index contributed by atoms with van der Waals surface area (Å²) in [6.45, 7) is 0. The van der Waals surface area contributed by atoms with Crippen LogP contribution in [0.5, 0.6) is 0 Å². The molecule has 3 nitrogen and oxygen atoms in total. The summed E-state index contributed by atoms with van der Waals surface area (Å²) in [6.07, 6.45) is 0. The highest BCUT2D eigenvalue weighted by atomic mass is 32.1. The molecule has 59 heavy (non-hydrogen) atoms. The van der Waals surface area contributed by atoms with Crippen LogP contribution in [0, 0.1) is 0 Å². The van der Waals surface area contributed by atoms with Crippen LogP contribution in [0.3, 0.4) is 0 Å². The molecule has 10 aromatic carbocycles. The molecule has 0 aliphatic rings. The lowest BCUT2D eigenvalue weighted by Crippen LogP contribution is -2.05. The third-order valence-electron chi connectivity index (χ3n) is 12.5. The van der Waals surface area contributed by atoms with Crippen molar-refractivity contribution in [3.8, 4) is 17.2 Å². The predicted molar refractivity (Wildman–Crippen MR) is 255 cm³/mol. The number of hydrogen-bond acceptors (Lipinski definition) is 4. The van der Waals surface area contributed by atoms with Gasteiger partial charge in [0.1, 0.15) is 0 Å². The molecule has 0 aliphatic carbocycles. The van der Waals surface area contributed by atoms with Crippen LogP contribution in [0.15, 0.2) is 176 Å². The Labute approximate surface area is 344 Å². The van der Waals surface area contributed by atoms with Gasteiger partial charge in [-0.15, -0.1) is 22.7 Å². The molecule has 272 valence electrons. The molecule has 0 fully saturated rings. The zero-order chi connectivity index (χ0) is 38.3. The van der Waals surface area contributed by atoms with E-state index in [1.54, 1.807) is 0 Å². The first-order valence-corrected chi connectivity index (χ1v) is 21.6. The van der Waals surface area contributed by atoms with Crippen molar-refractivity contribution in [2.24, 2.45) is 0 Å². The first kappa shape index (κ1) is 31.9. The second-order valence-electron chi connectivity index (χ2n) is 15.6. The van der Waals surface area contributed by atoms with Crippen LogP contribution in [0.25, 0.3) is 133 Å². The normalized spacial score (nSPS) is 12.4. The quantitative estimate of drug-likeness (QED) is 0.164. The summed E-state index contributed by atoms with van der Waals surface area (Å²) in [7, 11) is 0. The van der Waals surface area contributed by atoms with Crippen LogP contribution in [0.2, 0.25) is 0 Å². The summed E-state index contributed by atoms with van der Waals surface area (Å²) < 4.78 is 7.51. The lowest BCUT2D eigenvalue weighted by atomic mass is 9.94. The molecule has 0 saturated heterocycles. The maximum Gasteiger partial charge on any atom is 0.235 e. The molecule has 4 heterocycles. The molecule has 0 saturated carbocycles. The van der Waals surface area contributed by atoms with E-state index in [0.29, 0.717) is 5.95 Å². The number of aromatic nitrogens is 3. The summed E-state index contributed by atoms with van der Waals surface area (Å²) >= 11 is 3.72. The number of fused-ring (bicyclic) bond motifs is 21. The molecule has 0 N–H and O–H groups in total. The van der Waals surface area contributed by atoms with Crippen molar-refractivity contribution in [3.05, 3.63) is 176 Å². The van der Waals surface area contributed by atoms with E-state index in [0.717, 1.165) is 44.0 Å². The first-order chi connectivity index (χ1) is 29.3. The lowest BCUT2D eigenvalue weighted by molar-refractivity contribution is 1.02. The third kappa shape index (κ3) is 4.25. The SMILES string of the molecule is c1ccc2c(c1)ccc1c3c4ccccc4c4c5ccccc5sc4c3n(-c3nc(-c4ccc5sc6ccccc6c5c4)c4c5ccccc5c5ccccc5c4n3)c21. The zero-order valence-corrected chi connectivity index (χ0v) is 33.0. The first-order valence-electron chi connectivity index (χ1n) is 20.0. The summed E-state index contributed by atoms with van der Waals surface area (Å²) in [5.74, 6) is 0.675. The van der Waals surface area contributed by atoms with Crippen molar-refractivity contribution in [2.45, 2.75) is 0 Å². The molecule has 0 amide bonds. The monoisotopic (exact) mass is 783 g/mol. The number of rotatable bonds is 2. The van der Waals surface area contributed by atoms with Gasteiger partial charge < -0.3 is 0 Å². The van der Waals surface area contributed by atoms with E-state index in [1.807, 2.05) is 22.7 Å². The Kier molecular flexibility index (Phi) is 6.32. The van der Waals surface area contributed by atoms with Gasteiger partial charge in [0, 0.05) is 68.1 Å². The molecule has 0 atom stereocenters. The van der Waals surface area contributed by atoms with Crippen LogP contribution in [-0.4, -0.2) is 14.5 Å². The van der Waals surface area contributed by atoms with Gasteiger partial charge in [-0.3, -0.25) is 4.57 Å². The number of thiophene rings is 2. The van der Waals surface area contributed by atoms with Crippen LogP contribution < -0.4 is 0 Å². The Morgan fingerprint density at radius 1 is 0.356 bits per heavy atom. The summed E-state index contributed by atoms with van der Waals surface area (Å²) in [5, 5.41) is 18.2. The molecule has 14 rings (SSSR count). The Balaban J connectivity index is 1.25. The van der Waals surface area contributed by atoms with Crippen LogP contribution in [0.4, 0.5) is 0 Å². The second-order valence-corrected chi connectivity index (χ2v) is 17.7. The average molecular weight is 784 g/mol. The van der Waals surface area contributed by atoms with Gasteiger partial charge in [0.25, 0.3) is 0 Å². The predicted octanol–water partition coefficient (Wildman–Crippen LogP) is 15.7. The van der Waals surface area contributed by atoms with E-state index in [4.69, 9.17) is 9.97 Å². The van der Waals surface area contributed by atoms with E-state index in [1.165, 1.54) is 83.4 Å². The second kappa shape index (κ2) is 11.7. The number of benzene rings is 10. The van der Waals surface area contributed by atoms with E-state index in [9.17, 15) is 0 Å². The van der Waals surface area contributed by atoms with Gasteiger partial charge in [-0.05, 0) is 56.6 Å². The standard InChI is InChI=1S/C54H29N3S2/c1-2-14-32-30(13-1)25-27-41-46-37-19-6-7-20-38(37)47-40-22-10-12-24-44(40)59-53(47)52(46)57(51(32)41)54-55-49(31-26-28-45-42(29-31)35-17-9-11-23-43(35)58-45)48-36-18-5-3-15-33(36)34-16-4-8-21-39(34)50(48)56-54/h1-29H. The highest BCUT2D eigenvalue weighted by Crippen LogP contribution is 2.49.